The summed E-state index contributed by atoms with van der Waals surface area (Å²) in [7, 11) is 0. The molecule has 0 spiro atoms. The highest BCUT2D eigenvalue weighted by molar-refractivity contribution is 5.31. The van der Waals surface area contributed by atoms with Gasteiger partial charge in [0.15, 0.2) is 0 Å². The summed E-state index contributed by atoms with van der Waals surface area (Å²) >= 11 is 0. The van der Waals surface area contributed by atoms with Crippen LogP contribution in [0.2, 0.25) is 0 Å². The largest absolute Gasteiger partial charge is 0.314 e. The molecule has 1 aromatic rings. The lowest BCUT2D eigenvalue weighted by Gasteiger charge is -2.07. The fourth-order valence-electron chi connectivity index (χ4n) is 1.03. The molecule has 1 atom stereocenters. The van der Waals surface area contributed by atoms with Crippen molar-refractivity contribution in [3.05, 3.63) is 35.1 Å². The molecule has 0 saturated heterocycles. The molecule has 1 nitrogen and oxygen atoms in total. The van der Waals surface area contributed by atoms with E-state index < -0.39 is 18.5 Å². The fourth-order valence-corrected chi connectivity index (χ4v) is 1.03. The van der Waals surface area contributed by atoms with Gasteiger partial charge in [-0.1, -0.05) is 24.1 Å². The number of rotatable bonds is 2. The van der Waals surface area contributed by atoms with Crippen LogP contribution in [0.3, 0.4) is 0 Å². The van der Waals surface area contributed by atoms with Crippen molar-refractivity contribution in [2.45, 2.75) is 12.7 Å². The lowest BCUT2D eigenvalue weighted by atomic mass is 10.0. The molecule has 2 N–H and O–H groups in total. The first kappa shape index (κ1) is 9.69. The zero-order valence-corrected chi connectivity index (χ0v) is 6.93. The van der Waals surface area contributed by atoms with Crippen LogP contribution >= 0.6 is 0 Å². The Hall–Kier alpha value is -1.40. The quantitative estimate of drug-likeness (QED) is 0.693. The molecule has 0 aliphatic heterocycles. The van der Waals surface area contributed by atoms with Gasteiger partial charge in [-0.2, -0.15) is 0 Å². The minimum atomic E-state index is -0.850. The average molecular weight is 181 g/mol. The number of terminal acetylenes is 1. The summed E-state index contributed by atoms with van der Waals surface area (Å²) in [5, 5.41) is 0. The van der Waals surface area contributed by atoms with E-state index >= 15 is 0 Å². The van der Waals surface area contributed by atoms with E-state index in [4.69, 9.17) is 12.2 Å². The van der Waals surface area contributed by atoms with Crippen LogP contribution in [0.4, 0.5) is 8.78 Å². The van der Waals surface area contributed by atoms with Crippen molar-refractivity contribution in [2.24, 2.45) is 5.73 Å². The zero-order chi connectivity index (χ0) is 9.84. The van der Waals surface area contributed by atoms with Crippen molar-refractivity contribution < 1.29 is 8.78 Å². The van der Waals surface area contributed by atoms with Crippen LogP contribution < -0.4 is 5.73 Å². The minimum Gasteiger partial charge on any atom is -0.314 e. The molecular weight excluding hydrogens is 172 g/mol. The molecule has 1 rings (SSSR count). The van der Waals surface area contributed by atoms with Gasteiger partial charge in [0.05, 0.1) is 6.04 Å². The maximum atomic E-state index is 13.3. The van der Waals surface area contributed by atoms with E-state index in [0.29, 0.717) is 0 Å². The molecule has 0 aromatic heterocycles. The van der Waals surface area contributed by atoms with Crippen LogP contribution in [0.5, 0.6) is 0 Å². The lowest BCUT2D eigenvalue weighted by Crippen LogP contribution is -2.10. The molecule has 0 saturated carbocycles. The summed E-state index contributed by atoms with van der Waals surface area (Å²) in [6.45, 7) is -0.850. The first-order valence-corrected chi connectivity index (χ1v) is 3.75. The summed E-state index contributed by atoms with van der Waals surface area (Å²) in [4.78, 5) is 0. The third kappa shape index (κ3) is 1.85. The Balaban J connectivity index is 3.17. The molecule has 13 heavy (non-hydrogen) atoms. The number of alkyl halides is 1. The maximum Gasteiger partial charge on any atom is 0.134 e. The third-order valence-electron chi connectivity index (χ3n) is 1.77. The second-order valence-corrected chi connectivity index (χ2v) is 2.60. The Morgan fingerprint density at radius 3 is 2.77 bits per heavy atom. The smallest absolute Gasteiger partial charge is 0.134 e. The molecule has 3 heteroatoms. The van der Waals surface area contributed by atoms with E-state index in [1.165, 1.54) is 18.2 Å². The van der Waals surface area contributed by atoms with Gasteiger partial charge in [-0.25, -0.2) is 8.78 Å². The van der Waals surface area contributed by atoms with Crippen LogP contribution in [0.15, 0.2) is 18.2 Å². The van der Waals surface area contributed by atoms with Gasteiger partial charge < -0.3 is 5.73 Å². The van der Waals surface area contributed by atoms with Crippen LogP contribution in [0, 0.1) is 18.2 Å². The molecule has 0 aliphatic rings. The predicted octanol–water partition coefficient (Wildman–Crippen LogP) is 1.93. The highest BCUT2D eigenvalue weighted by Crippen LogP contribution is 2.18. The normalized spacial score (nSPS) is 12.2. The summed E-state index contributed by atoms with van der Waals surface area (Å²) < 4.78 is 25.5. The number of benzene rings is 1. The van der Waals surface area contributed by atoms with Crippen molar-refractivity contribution in [3.63, 3.8) is 0 Å². The predicted molar refractivity (Wildman–Crippen MR) is 47.0 cm³/mol. The van der Waals surface area contributed by atoms with Gasteiger partial charge >= 0.3 is 0 Å². The van der Waals surface area contributed by atoms with Crippen molar-refractivity contribution in [3.8, 4) is 12.3 Å². The Bertz CT molecular complexity index is 341. The van der Waals surface area contributed by atoms with Gasteiger partial charge in [-0.3, -0.25) is 0 Å². The Kier molecular flexibility index (Phi) is 2.99. The molecule has 1 aromatic carbocycles. The van der Waals surface area contributed by atoms with E-state index in [1.54, 1.807) is 0 Å². The van der Waals surface area contributed by atoms with Gasteiger partial charge in [0.25, 0.3) is 0 Å². The van der Waals surface area contributed by atoms with E-state index in [2.05, 4.69) is 5.92 Å². The Morgan fingerprint density at radius 1 is 1.54 bits per heavy atom. The molecule has 1 unspecified atom stereocenters. The van der Waals surface area contributed by atoms with Gasteiger partial charge in [0, 0.05) is 11.1 Å². The van der Waals surface area contributed by atoms with Crippen molar-refractivity contribution >= 4 is 0 Å². The second kappa shape index (κ2) is 4.01. The number of hydrogen-bond donors (Lipinski definition) is 1. The number of hydrogen-bond acceptors (Lipinski definition) is 1. The van der Waals surface area contributed by atoms with Gasteiger partial charge in [-0.05, 0) is 0 Å². The summed E-state index contributed by atoms with van der Waals surface area (Å²) in [6.07, 6.45) is 5.03. The summed E-state index contributed by atoms with van der Waals surface area (Å²) in [6, 6.07) is 3.54. The van der Waals surface area contributed by atoms with E-state index in [-0.39, 0.29) is 11.1 Å². The minimum absolute atomic E-state index is 0.0109. The molecule has 68 valence electrons. The van der Waals surface area contributed by atoms with Crippen molar-refractivity contribution in [1.29, 1.82) is 0 Å². The topological polar surface area (TPSA) is 26.0 Å². The Labute approximate surface area is 75.6 Å². The third-order valence-corrected chi connectivity index (χ3v) is 1.77. The van der Waals surface area contributed by atoms with Gasteiger partial charge in [0.1, 0.15) is 12.5 Å². The first-order valence-electron chi connectivity index (χ1n) is 3.75. The van der Waals surface area contributed by atoms with E-state index in [0.717, 1.165) is 0 Å². The molecule has 0 fully saturated rings. The van der Waals surface area contributed by atoms with Gasteiger partial charge in [-0.15, -0.1) is 6.42 Å². The lowest BCUT2D eigenvalue weighted by molar-refractivity contribution is 0.460. The highest BCUT2D eigenvalue weighted by Gasteiger charge is 2.11. The van der Waals surface area contributed by atoms with Crippen LogP contribution in [0.25, 0.3) is 0 Å². The van der Waals surface area contributed by atoms with Crippen LogP contribution in [-0.4, -0.2) is 0 Å². The molecule has 0 bridgehead atoms. The first-order chi connectivity index (χ1) is 6.20. The highest BCUT2D eigenvalue weighted by atomic mass is 19.1. The maximum absolute atomic E-state index is 13.3. The van der Waals surface area contributed by atoms with E-state index in [9.17, 15) is 8.78 Å². The summed E-state index contributed by atoms with van der Waals surface area (Å²) in [5.41, 5.74) is 5.57. The summed E-state index contributed by atoms with van der Waals surface area (Å²) in [5.74, 6) is 1.55. The molecule has 0 radical (unpaired) electrons. The van der Waals surface area contributed by atoms with Crippen molar-refractivity contribution in [2.75, 3.05) is 0 Å². The van der Waals surface area contributed by atoms with Crippen molar-refractivity contribution in [1.82, 2.24) is 0 Å². The van der Waals surface area contributed by atoms with Crippen LogP contribution in [0.1, 0.15) is 17.2 Å². The van der Waals surface area contributed by atoms with Gasteiger partial charge in [0.2, 0.25) is 0 Å². The Morgan fingerprint density at radius 2 is 2.23 bits per heavy atom. The zero-order valence-electron chi connectivity index (χ0n) is 6.93. The standard InChI is InChI=1S/C10H9F2N/c1-2-9(13)8-5-3-4-7(6-11)10(8)12/h1,3-5,9H,6,13H2. The monoisotopic (exact) mass is 181 g/mol. The molecule has 0 heterocycles. The van der Waals surface area contributed by atoms with E-state index in [1.807, 2.05) is 0 Å². The second-order valence-electron chi connectivity index (χ2n) is 2.60. The molecule has 0 amide bonds. The van der Waals surface area contributed by atoms with Crippen LogP contribution in [-0.2, 0) is 6.67 Å². The molecule has 0 aliphatic carbocycles. The fraction of sp³-hybridized carbons (Fsp3) is 0.200. The SMILES string of the molecule is C#CC(N)c1cccc(CF)c1F. The number of halogens is 2. The average Bonchev–Trinajstić information content (AvgIpc) is 2.17. The molecular formula is C10H9F2N. The number of nitrogens with two attached hydrogens (primary N) is 1.